The summed E-state index contributed by atoms with van der Waals surface area (Å²) in [6.45, 7) is 2.73. The Balaban J connectivity index is 1.50. The number of nitrogens with zero attached hydrogens (tertiary/aromatic N) is 2. The Bertz CT molecular complexity index is 766. The molecule has 0 unspecified atom stereocenters. The Morgan fingerprint density at radius 1 is 1.32 bits per heavy atom. The van der Waals surface area contributed by atoms with E-state index in [-0.39, 0.29) is 30.0 Å². The van der Waals surface area contributed by atoms with E-state index in [0.29, 0.717) is 43.1 Å². The van der Waals surface area contributed by atoms with Crippen molar-refractivity contribution in [1.29, 1.82) is 0 Å². The number of amides is 2. The molecule has 1 aromatic carbocycles. The lowest BCUT2D eigenvalue weighted by Gasteiger charge is -2.31. The van der Waals surface area contributed by atoms with Crippen LogP contribution in [0.4, 0.5) is 10.2 Å². The van der Waals surface area contributed by atoms with Crippen molar-refractivity contribution < 1.29 is 18.5 Å². The summed E-state index contributed by atoms with van der Waals surface area (Å²) >= 11 is 0. The Labute approximate surface area is 145 Å². The third-order valence-electron chi connectivity index (χ3n) is 4.40. The van der Waals surface area contributed by atoms with Crippen molar-refractivity contribution in [3.05, 3.63) is 47.5 Å². The van der Waals surface area contributed by atoms with Gasteiger partial charge in [-0.05, 0) is 31.4 Å². The van der Waals surface area contributed by atoms with Gasteiger partial charge in [-0.15, -0.1) is 0 Å². The van der Waals surface area contributed by atoms with Gasteiger partial charge in [0.15, 0.2) is 5.82 Å². The number of hydrogen-bond acceptors (Lipinski definition) is 4. The molecule has 1 aliphatic rings. The van der Waals surface area contributed by atoms with E-state index in [0.717, 1.165) is 0 Å². The van der Waals surface area contributed by atoms with Crippen molar-refractivity contribution in [3.8, 4) is 0 Å². The first-order chi connectivity index (χ1) is 12.0. The fourth-order valence-electron chi connectivity index (χ4n) is 2.96. The Morgan fingerprint density at radius 2 is 2.04 bits per heavy atom. The average Bonchev–Trinajstić information content (AvgIpc) is 3.02. The highest BCUT2D eigenvalue weighted by molar-refractivity contribution is 5.91. The van der Waals surface area contributed by atoms with Crippen molar-refractivity contribution in [2.24, 2.45) is 5.92 Å². The van der Waals surface area contributed by atoms with Gasteiger partial charge >= 0.3 is 0 Å². The van der Waals surface area contributed by atoms with Gasteiger partial charge in [-0.3, -0.25) is 9.59 Å². The maximum atomic E-state index is 13.7. The lowest BCUT2D eigenvalue weighted by atomic mass is 9.95. The van der Waals surface area contributed by atoms with Crippen LogP contribution >= 0.6 is 0 Å². The second kappa shape index (κ2) is 7.46. The molecule has 132 valence electrons. The van der Waals surface area contributed by atoms with Crippen LogP contribution in [0.5, 0.6) is 0 Å². The van der Waals surface area contributed by atoms with Crippen LogP contribution in [-0.4, -0.2) is 35.0 Å². The molecule has 0 saturated carbocycles. The van der Waals surface area contributed by atoms with E-state index in [1.807, 2.05) is 0 Å². The van der Waals surface area contributed by atoms with Gasteiger partial charge in [0.1, 0.15) is 11.6 Å². The molecule has 1 N–H and O–H groups in total. The van der Waals surface area contributed by atoms with E-state index in [1.54, 1.807) is 36.1 Å². The van der Waals surface area contributed by atoms with Crippen LogP contribution in [0, 0.1) is 18.7 Å². The number of benzene rings is 1. The largest absolute Gasteiger partial charge is 0.360 e. The summed E-state index contributed by atoms with van der Waals surface area (Å²) in [5, 5.41) is 6.47. The fraction of sp³-hybridized carbons (Fsp3) is 0.389. The van der Waals surface area contributed by atoms with Crippen LogP contribution < -0.4 is 5.32 Å². The molecular weight excluding hydrogens is 325 g/mol. The van der Waals surface area contributed by atoms with Gasteiger partial charge in [0.05, 0.1) is 6.42 Å². The van der Waals surface area contributed by atoms with Crippen LogP contribution in [0.25, 0.3) is 0 Å². The Kier molecular flexibility index (Phi) is 5.11. The Morgan fingerprint density at radius 3 is 2.68 bits per heavy atom. The minimum Gasteiger partial charge on any atom is -0.360 e. The number of carbonyl (C=O) groups excluding carboxylic acids is 2. The summed E-state index contributed by atoms with van der Waals surface area (Å²) in [4.78, 5) is 26.3. The molecule has 25 heavy (non-hydrogen) atoms. The third kappa shape index (κ3) is 4.23. The van der Waals surface area contributed by atoms with Gasteiger partial charge in [0.2, 0.25) is 11.8 Å². The number of anilines is 1. The molecule has 0 spiro atoms. The summed E-state index contributed by atoms with van der Waals surface area (Å²) < 4.78 is 18.6. The van der Waals surface area contributed by atoms with Crippen LogP contribution in [0.3, 0.4) is 0 Å². The molecule has 7 heteroatoms. The minimum atomic E-state index is -0.368. The number of nitrogens with one attached hydrogen (secondary N) is 1. The van der Waals surface area contributed by atoms with E-state index < -0.39 is 0 Å². The van der Waals surface area contributed by atoms with Gasteiger partial charge < -0.3 is 14.7 Å². The summed E-state index contributed by atoms with van der Waals surface area (Å²) in [6.07, 6.45) is 1.19. The molecule has 2 amide bonds. The standard InChI is InChI=1S/C18H20FN3O3/c1-12-10-16(21-25-12)20-18(24)13-6-8-22(9-7-13)17(23)11-14-4-2-3-5-15(14)19/h2-5,10,13H,6-9,11H2,1H3,(H,20,21,24). The second-order valence-corrected chi connectivity index (χ2v) is 6.24. The number of aromatic nitrogens is 1. The third-order valence-corrected chi connectivity index (χ3v) is 4.40. The van der Waals surface area contributed by atoms with Crippen molar-refractivity contribution >= 4 is 17.6 Å². The van der Waals surface area contributed by atoms with Crippen molar-refractivity contribution in [2.75, 3.05) is 18.4 Å². The smallest absolute Gasteiger partial charge is 0.228 e. The summed E-state index contributed by atoms with van der Waals surface area (Å²) in [7, 11) is 0. The van der Waals surface area contributed by atoms with Gasteiger partial charge in [0, 0.05) is 25.1 Å². The highest BCUT2D eigenvalue weighted by Gasteiger charge is 2.28. The molecule has 2 aromatic rings. The zero-order valence-corrected chi connectivity index (χ0v) is 14.0. The number of piperidine rings is 1. The van der Waals surface area contributed by atoms with E-state index in [2.05, 4.69) is 10.5 Å². The summed E-state index contributed by atoms with van der Waals surface area (Å²) in [5.74, 6) is 0.262. The molecular formula is C18H20FN3O3. The van der Waals surface area contributed by atoms with Crippen LogP contribution in [0.1, 0.15) is 24.2 Å². The van der Waals surface area contributed by atoms with Gasteiger partial charge in [-0.2, -0.15) is 0 Å². The number of rotatable bonds is 4. The number of hydrogen-bond donors (Lipinski definition) is 1. The van der Waals surface area contributed by atoms with E-state index in [4.69, 9.17) is 4.52 Å². The molecule has 1 aromatic heterocycles. The SMILES string of the molecule is Cc1cc(NC(=O)C2CCN(C(=O)Cc3ccccc3F)CC2)no1. The van der Waals surface area contributed by atoms with Crippen molar-refractivity contribution in [3.63, 3.8) is 0 Å². The molecule has 0 atom stereocenters. The zero-order chi connectivity index (χ0) is 17.8. The minimum absolute atomic E-state index is 0.0434. The molecule has 1 saturated heterocycles. The first-order valence-electron chi connectivity index (χ1n) is 8.28. The molecule has 0 radical (unpaired) electrons. The summed E-state index contributed by atoms with van der Waals surface area (Å²) in [6, 6.07) is 7.95. The topological polar surface area (TPSA) is 75.4 Å². The first-order valence-corrected chi connectivity index (χ1v) is 8.28. The average molecular weight is 345 g/mol. The normalized spacial score (nSPS) is 15.2. The number of carbonyl (C=O) groups is 2. The molecule has 6 nitrogen and oxygen atoms in total. The number of aryl methyl sites for hydroxylation is 1. The van der Waals surface area contributed by atoms with Crippen LogP contribution in [0.15, 0.2) is 34.9 Å². The zero-order valence-electron chi connectivity index (χ0n) is 14.0. The molecule has 0 aliphatic carbocycles. The summed E-state index contributed by atoms with van der Waals surface area (Å²) in [5.41, 5.74) is 0.397. The predicted octanol–water partition coefficient (Wildman–Crippen LogP) is 2.54. The maximum Gasteiger partial charge on any atom is 0.228 e. The molecule has 0 bridgehead atoms. The van der Waals surface area contributed by atoms with E-state index in [1.165, 1.54) is 6.07 Å². The first kappa shape index (κ1) is 17.1. The fourth-order valence-corrected chi connectivity index (χ4v) is 2.96. The van der Waals surface area contributed by atoms with Crippen molar-refractivity contribution in [2.45, 2.75) is 26.2 Å². The second-order valence-electron chi connectivity index (χ2n) is 6.24. The molecule has 1 fully saturated rings. The lowest BCUT2D eigenvalue weighted by Crippen LogP contribution is -2.42. The van der Waals surface area contributed by atoms with E-state index >= 15 is 0 Å². The quantitative estimate of drug-likeness (QED) is 0.924. The van der Waals surface area contributed by atoms with Gasteiger partial charge in [-0.1, -0.05) is 23.4 Å². The molecule has 1 aliphatic heterocycles. The number of halogens is 1. The predicted molar refractivity (Wildman–Crippen MR) is 89.3 cm³/mol. The Hall–Kier alpha value is -2.70. The monoisotopic (exact) mass is 345 g/mol. The highest BCUT2D eigenvalue weighted by Crippen LogP contribution is 2.20. The lowest BCUT2D eigenvalue weighted by molar-refractivity contribution is -0.133. The maximum absolute atomic E-state index is 13.7. The van der Waals surface area contributed by atoms with Gasteiger partial charge in [0.25, 0.3) is 0 Å². The van der Waals surface area contributed by atoms with Gasteiger partial charge in [-0.25, -0.2) is 4.39 Å². The van der Waals surface area contributed by atoms with E-state index in [9.17, 15) is 14.0 Å². The van der Waals surface area contributed by atoms with Crippen LogP contribution in [0.2, 0.25) is 0 Å². The highest BCUT2D eigenvalue weighted by atomic mass is 19.1. The molecule has 2 heterocycles. The van der Waals surface area contributed by atoms with Crippen LogP contribution in [-0.2, 0) is 16.0 Å². The number of likely N-dealkylation sites (tertiary alicyclic amines) is 1. The molecule has 3 rings (SSSR count). The van der Waals surface area contributed by atoms with Crippen molar-refractivity contribution in [1.82, 2.24) is 10.1 Å².